The Labute approximate surface area is 196 Å². The third-order valence-corrected chi connectivity index (χ3v) is 4.55. The molecule has 7 heteroatoms. The van der Waals surface area contributed by atoms with Gasteiger partial charge in [-0.25, -0.2) is 9.97 Å². The molecule has 0 fully saturated rings. The number of fused-ring (bicyclic) bond motifs is 1. The zero-order valence-corrected chi connectivity index (χ0v) is 20.9. The van der Waals surface area contributed by atoms with E-state index >= 15 is 0 Å². The summed E-state index contributed by atoms with van der Waals surface area (Å²) in [5, 5.41) is 0. The Hall–Kier alpha value is -1.95. The summed E-state index contributed by atoms with van der Waals surface area (Å²) in [7, 11) is 1.25. The zero-order valence-electron chi connectivity index (χ0n) is 16.7. The molecule has 30 heavy (non-hydrogen) atoms. The maximum absolute atomic E-state index is 4.83. The second-order valence-corrected chi connectivity index (χ2v) is 11.6. The number of nitrogens with zero attached hydrogens (tertiary/aromatic N) is 4. The molecule has 0 spiro atoms. The number of pyridine rings is 1. The third kappa shape index (κ3) is 5.60. The number of hydrogen-bond donors (Lipinski definition) is 0. The Balaban J connectivity index is 0.000000806. The van der Waals surface area contributed by atoms with Crippen LogP contribution in [-0.2, 0) is 10.9 Å². The average molecular weight is 571 g/mol. The monoisotopic (exact) mass is 568 g/mol. The Morgan fingerprint density at radius 3 is 2.13 bits per heavy atom. The van der Waals surface area contributed by atoms with Crippen LogP contribution in [0.15, 0.2) is 71.9 Å². The number of hydrogen-bond acceptors (Lipinski definition) is 4. The predicted molar refractivity (Wildman–Crippen MR) is 128 cm³/mol. The molecule has 156 valence electrons. The molecule has 0 aliphatic carbocycles. The first-order chi connectivity index (χ1) is 14.5. The van der Waals surface area contributed by atoms with E-state index in [1.807, 2.05) is 49.4 Å². The minimum atomic E-state index is 0.760. The van der Waals surface area contributed by atoms with Gasteiger partial charge in [-0.2, -0.15) is 0 Å². The van der Waals surface area contributed by atoms with E-state index in [2.05, 4.69) is 65.5 Å². The predicted octanol–water partition coefficient (Wildman–Crippen LogP) is 7.14. The van der Waals surface area contributed by atoms with Gasteiger partial charge in [0, 0.05) is 0 Å². The molecule has 4 aromatic rings. The fraction of sp³-hybridized carbons (Fsp3) is 0.130. The van der Waals surface area contributed by atoms with Gasteiger partial charge in [0.15, 0.2) is 0 Å². The van der Waals surface area contributed by atoms with Crippen molar-refractivity contribution in [1.82, 2.24) is 15.0 Å². The number of aromatic nitrogens is 3. The third-order valence-electron chi connectivity index (χ3n) is 4.55. The van der Waals surface area contributed by atoms with Crippen LogP contribution < -0.4 is 0 Å². The summed E-state index contributed by atoms with van der Waals surface area (Å²) >= 11 is 6.00. The summed E-state index contributed by atoms with van der Waals surface area (Å²) in [5.74, 6) is 0. The topological polar surface area (TPSA) is 51.0 Å². The van der Waals surface area contributed by atoms with E-state index < -0.39 is 0 Å². The number of aliphatic imine (C=N–C) groups is 1. The van der Waals surface area contributed by atoms with E-state index in [1.165, 1.54) is 10.9 Å². The van der Waals surface area contributed by atoms with Crippen molar-refractivity contribution in [2.24, 2.45) is 4.99 Å². The van der Waals surface area contributed by atoms with Crippen molar-refractivity contribution in [3.63, 3.8) is 0 Å². The molecule has 2 heterocycles. The van der Waals surface area contributed by atoms with Gasteiger partial charge in [0.25, 0.3) is 0 Å². The Morgan fingerprint density at radius 2 is 1.43 bits per heavy atom. The van der Waals surface area contributed by atoms with Crippen molar-refractivity contribution in [2.75, 3.05) is 0 Å². The summed E-state index contributed by atoms with van der Waals surface area (Å²) in [6, 6.07) is 20.0. The molecular weight excluding hydrogens is 551 g/mol. The molecule has 0 atom stereocenters. The summed E-state index contributed by atoms with van der Waals surface area (Å²) in [6.07, 6.45) is 1.77. The molecule has 2 aromatic carbocycles. The van der Waals surface area contributed by atoms with Crippen molar-refractivity contribution < 1.29 is 10.9 Å². The summed E-state index contributed by atoms with van der Waals surface area (Å²) < 4.78 is 0. The van der Waals surface area contributed by atoms with Gasteiger partial charge in [-0.05, 0) is 56.2 Å². The summed E-state index contributed by atoms with van der Waals surface area (Å²) in [5.41, 5.74) is 8.34. The first-order valence-electron chi connectivity index (χ1n) is 9.17. The number of rotatable bonds is 3. The van der Waals surface area contributed by atoms with Crippen molar-refractivity contribution >= 4 is 50.9 Å². The molecule has 0 saturated carbocycles. The summed E-state index contributed by atoms with van der Waals surface area (Å²) in [4.78, 5) is 18.8. The van der Waals surface area contributed by atoms with Gasteiger partial charge in [0.1, 0.15) is 5.69 Å². The molecule has 0 saturated heterocycles. The maximum atomic E-state index is 4.83. The van der Waals surface area contributed by atoms with Crippen LogP contribution in [0.5, 0.6) is 0 Å². The SMILES string of the molecule is CC(=Nc1c(C)cccc1C)c1cccc(-c2cnc3ccccc3n2)n1.[Br][Ni][Br]. The van der Waals surface area contributed by atoms with Crippen molar-refractivity contribution in [3.8, 4) is 11.4 Å². The minimum absolute atomic E-state index is 0.760. The molecule has 0 amide bonds. The Kier molecular flexibility index (Phi) is 8.26. The van der Waals surface area contributed by atoms with E-state index in [0.29, 0.717) is 0 Å². The molecular formula is C23H20Br2N4Ni. The van der Waals surface area contributed by atoms with Gasteiger partial charge >= 0.3 is 39.3 Å². The van der Waals surface area contributed by atoms with Crippen LogP contribution in [0.4, 0.5) is 5.69 Å². The van der Waals surface area contributed by atoms with E-state index in [-0.39, 0.29) is 0 Å². The Bertz CT molecular complexity index is 1170. The van der Waals surface area contributed by atoms with Crippen molar-refractivity contribution in [1.29, 1.82) is 0 Å². The molecule has 0 aliphatic rings. The number of halogens is 2. The molecule has 4 nitrogen and oxygen atoms in total. The molecule has 4 rings (SSSR count). The quantitative estimate of drug-likeness (QED) is 0.194. The molecule has 0 aliphatic heterocycles. The van der Waals surface area contributed by atoms with Crippen LogP contribution in [0.2, 0.25) is 0 Å². The Morgan fingerprint density at radius 1 is 0.800 bits per heavy atom. The standard InChI is InChI=1S/C23H20N4.2BrH.Ni/c1-15-8-6-9-16(2)23(15)25-17(3)18-12-7-13-21(26-18)22-14-24-19-10-4-5-11-20(19)27-22;;;/h4-14H,1-3H3;2*1H;/q;;;+2/p-2. The van der Waals surface area contributed by atoms with Crippen LogP contribution in [0.1, 0.15) is 23.7 Å². The van der Waals surface area contributed by atoms with Gasteiger partial charge in [0.05, 0.1) is 40.0 Å². The van der Waals surface area contributed by atoms with E-state index in [0.717, 1.165) is 50.6 Å². The molecule has 0 N–H and O–H groups in total. The van der Waals surface area contributed by atoms with Gasteiger partial charge in [-0.1, -0.05) is 36.4 Å². The van der Waals surface area contributed by atoms with Gasteiger partial charge < -0.3 is 0 Å². The molecule has 0 unspecified atom stereocenters. The number of aryl methyl sites for hydroxylation is 2. The van der Waals surface area contributed by atoms with E-state index in [4.69, 9.17) is 15.0 Å². The van der Waals surface area contributed by atoms with Crippen molar-refractivity contribution in [3.05, 3.63) is 83.7 Å². The average Bonchev–Trinajstić information content (AvgIpc) is 2.76. The summed E-state index contributed by atoms with van der Waals surface area (Å²) in [6.45, 7) is 6.14. The first kappa shape index (κ1) is 22.7. The second kappa shape index (κ2) is 10.9. The first-order valence-corrected chi connectivity index (χ1v) is 14.0. The molecule has 0 radical (unpaired) electrons. The number of para-hydroxylation sites is 3. The van der Waals surface area contributed by atoms with Crippen LogP contribution in [0.3, 0.4) is 0 Å². The van der Waals surface area contributed by atoms with Gasteiger partial charge in [-0.3, -0.25) is 9.98 Å². The van der Waals surface area contributed by atoms with Crippen LogP contribution in [0, 0.1) is 13.8 Å². The fourth-order valence-corrected chi connectivity index (χ4v) is 3.07. The fourth-order valence-electron chi connectivity index (χ4n) is 3.07. The number of benzene rings is 2. The zero-order chi connectivity index (χ0) is 21.5. The van der Waals surface area contributed by atoms with E-state index in [9.17, 15) is 0 Å². The van der Waals surface area contributed by atoms with Crippen molar-refractivity contribution in [2.45, 2.75) is 20.8 Å². The molecule has 0 bridgehead atoms. The second-order valence-electron chi connectivity index (χ2n) is 6.63. The molecule has 2 aromatic heterocycles. The normalized spacial score (nSPS) is 11.3. The van der Waals surface area contributed by atoms with Gasteiger partial charge in [0.2, 0.25) is 0 Å². The van der Waals surface area contributed by atoms with Crippen LogP contribution >= 0.6 is 28.5 Å². The van der Waals surface area contributed by atoms with Gasteiger partial charge in [-0.15, -0.1) is 0 Å². The van der Waals surface area contributed by atoms with E-state index in [1.54, 1.807) is 6.20 Å². The van der Waals surface area contributed by atoms with Crippen LogP contribution in [-0.4, -0.2) is 20.7 Å². The van der Waals surface area contributed by atoms with Crippen LogP contribution in [0.25, 0.3) is 22.4 Å².